The molecule has 0 saturated carbocycles. The summed E-state index contributed by atoms with van der Waals surface area (Å²) in [6.45, 7) is 0. The fraction of sp³-hybridized carbons (Fsp3) is 0.250. The molecule has 1 aliphatic rings. The smallest absolute Gasteiger partial charge is 0.155 e. The molecule has 2 heterocycles. The molecule has 1 aromatic carbocycles. The maximum absolute atomic E-state index is 4.42. The SMILES string of the molecule is c1cc2cc(Nc3n[nH]c4c3CCCC4)ccc2cn1. The predicted molar refractivity (Wildman–Crippen MR) is 80.3 cm³/mol. The minimum Gasteiger partial charge on any atom is -0.339 e. The van der Waals surface area contributed by atoms with Gasteiger partial charge in [-0.1, -0.05) is 6.07 Å². The lowest BCUT2D eigenvalue weighted by atomic mass is 9.97. The number of rotatable bonds is 2. The third kappa shape index (κ3) is 1.93. The van der Waals surface area contributed by atoms with Crippen LogP contribution in [0.4, 0.5) is 11.5 Å². The monoisotopic (exact) mass is 264 g/mol. The Morgan fingerprint density at radius 3 is 3.00 bits per heavy atom. The number of aromatic nitrogens is 3. The second kappa shape index (κ2) is 4.63. The van der Waals surface area contributed by atoms with Crippen molar-refractivity contribution >= 4 is 22.3 Å². The Balaban J connectivity index is 1.68. The van der Waals surface area contributed by atoms with Crippen LogP contribution in [0.15, 0.2) is 36.7 Å². The van der Waals surface area contributed by atoms with E-state index in [2.05, 4.69) is 38.7 Å². The Hall–Kier alpha value is -2.36. The van der Waals surface area contributed by atoms with E-state index in [0.29, 0.717) is 0 Å². The normalized spacial score (nSPS) is 14.2. The average Bonchev–Trinajstić information content (AvgIpc) is 2.91. The van der Waals surface area contributed by atoms with Crippen LogP contribution in [-0.4, -0.2) is 15.2 Å². The fourth-order valence-corrected chi connectivity index (χ4v) is 2.88. The zero-order chi connectivity index (χ0) is 13.4. The van der Waals surface area contributed by atoms with E-state index in [-0.39, 0.29) is 0 Å². The van der Waals surface area contributed by atoms with E-state index in [1.807, 2.05) is 18.5 Å². The summed E-state index contributed by atoms with van der Waals surface area (Å²) in [6, 6.07) is 8.33. The van der Waals surface area contributed by atoms with Gasteiger partial charge in [0.2, 0.25) is 0 Å². The molecule has 0 fully saturated rings. The third-order valence-corrected chi connectivity index (χ3v) is 3.96. The number of fused-ring (bicyclic) bond motifs is 2. The topological polar surface area (TPSA) is 53.6 Å². The second-order valence-electron chi connectivity index (χ2n) is 5.30. The summed E-state index contributed by atoms with van der Waals surface area (Å²) >= 11 is 0. The van der Waals surface area contributed by atoms with Gasteiger partial charge in [-0.15, -0.1) is 0 Å². The van der Waals surface area contributed by atoms with E-state index < -0.39 is 0 Å². The standard InChI is InChI=1S/C16H16N4/c1-2-4-15-14(3-1)16(20-19-15)18-13-6-5-12-10-17-8-7-11(12)9-13/h5-10H,1-4H2,(H2,18,19,20). The molecule has 0 atom stereocenters. The van der Waals surface area contributed by atoms with Gasteiger partial charge in [-0.3, -0.25) is 10.1 Å². The molecule has 0 aliphatic heterocycles. The molecule has 0 unspecified atom stereocenters. The quantitative estimate of drug-likeness (QED) is 0.743. The van der Waals surface area contributed by atoms with Crippen molar-refractivity contribution in [1.82, 2.24) is 15.2 Å². The van der Waals surface area contributed by atoms with Crippen molar-refractivity contribution in [3.63, 3.8) is 0 Å². The number of nitrogens with zero attached hydrogens (tertiary/aromatic N) is 2. The molecule has 0 saturated heterocycles. The maximum atomic E-state index is 4.42. The summed E-state index contributed by atoms with van der Waals surface area (Å²) in [5.41, 5.74) is 3.72. The maximum Gasteiger partial charge on any atom is 0.155 e. The van der Waals surface area contributed by atoms with Gasteiger partial charge in [0, 0.05) is 34.7 Å². The molecule has 0 radical (unpaired) electrons. The van der Waals surface area contributed by atoms with Crippen molar-refractivity contribution in [3.8, 4) is 0 Å². The number of nitrogens with one attached hydrogen (secondary N) is 2. The first-order valence-electron chi connectivity index (χ1n) is 7.07. The second-order valence-corrected chi connectivity index (χ2v) is 5.30. The van der Waals surface area contributed by atoms with Crippen molar-refractivity contribution in [3.05, 3.63) is 47.9 Å². The average molecular weight is 264 g/mol. The summed E-state index contributed by atoms with van der Waals surface area (Å²) in [4.78, 5) is 4.14. The number of aryl methyl sites for hydroxylation is 1. The Morgan fingerprint density at radius 2 is 2.00 bits per heavy atom. The van der Waals surface area contributed by atoms with Crippen molar-refractivity contribution < 1.29 is 0 Å². The van der Waals surface area contributed by atoms with Crippen molar-refractivity contribution in [2.24, 2.45) is 0 Å². The summed E-state index contributed by atoms with van der Waals surface area (Å²) in [5, 5.41) is 13.4. The molecule has 20 heavy (non-hydrogen) atoms. The minimum absolute atomic E-state index is 0.980. The molecule has 100 valence electrons. The molecule has 0 amide bonds. The minimum atomic E-state index is 0.980. The highest BCUT2D eigenvalue weighted by Gasteiger charge is 2.16. The van der Waals surface area contributed by atoms with Gasteiger partial charge < -0.3 is 5.32 Å². The van der Waals surface area contributed by atoms with Crippen LogP contribution < -0.4 is 5.32 Å². The zero-order valence-corrected chi connectivity index (χ0v) is 11.2. The number of H-pyrrole nitrogens is 1. The van der Waals surface area contributed by atoms with Gasteiger partial charge in [-0.05, 0) is 49.3 Å². The number of pyridine rings is 1. The van der Waals surface area contributed by atoms with E-state index in [0.717, 1.165) is 29.7 Å². The Bertz CT molecular complexity index is 760. The van der Waals surface area contributed by atoms with Crippen molar-refractivity contribution in [1.29, 1.82) is 0 Å². The van der Waals surface area contributed by atoms with Crippen LogP contribution in [0.2, 0.25) is 0 Å². The first kappa shape index (κ1) is 11.5. The molecule has 4 nitrogen and oxygen atoms in total. The summed E-state index contributed by atoms with van der Waals surface area (Å²) in [6.07, 6.45) is 8.46. The molecule has 3 aromatic rings. The van der Waals surface area contributed by atoms with Crippen LogP contribution in [0.25, 0.3) is 10.8 Å². The van der Waals surface area contributed by atoms with Crippen LogP contribution >= 0.6 is 0 Å². The molecule has 2 N–H and O–H groups in total. The third-order valence-electron chi connectivity index (χ3n) is 3.96. The van der Waals surface area contributed by atoms with E-state index in [9.17, 15) is 0 Å². The van der Waals surface area contributed by atoms with Crippen LogP contribution in [0.3, 0.4) is 0 Å². The molecular weight excluding hydrogens is 248 g/mol. The van der Waals surface area contributed by atoms with Crippen LogP contribution in [0, 0.1) is 0 Å². The molecule has 0 spiro atoms. The van der Waals surface area contributed by atoms with E-state index in [1.54, 1.807) is 0 Å². The lowest BCUT2D eigenvalue weighted by molar-refractivity contribution is 0.675. The molecule has 1 aliphatic carbocycles. The fourth-order valence-electron chi connectivity index (χ4n) is 2.88. The lowest BCUT2D eigenvalue weighted by Gasteiger charge is -2.12. The molecule has 4 rings (SSSR count). The van der Waals surface area contributed by atoms with E-state index in [4.69, 9.17) is 0 Å². The first-order valence-corrected chi connectivity index (χ1v) is 7.07. The van der Waals surface area contributed by atoms with Gasteiger partial charge in [0.1, 0.15) is 0 Å². The van der Waals surface area contributed by atoms with Gasteiger partial charge in [0.05, 0.1) is 0 Å². The largest absolute Gasteiger partial charge is 0.339 e. The van der Waals surface area contributed by atoms with E-state index >= 15 is 0 Å². The number of hydrogen-bond donors (Lipinski definition) is 2. The highest BCUT2D eigenvalue weighted by Crippen LogP contribution is 2.28. The highest BCUT2D eigenvalue weighted by atomic mass is 15.2. The van der Waals surface area contributed by atoms with Gasteiger partial charge in [0.25, 0.3) is 0 Å². The van der Waals surface area contributed by atoms with Crippen molar-refractivity contribution in [2.75, 3.05) is 5.32 Å². The van der Waals surface area contributed by atoms with Crippen LogP contribution in [-0.2, 0) is 12.8 Å². The molecule has 2 aromatic heterocycles. The van der Waals surface area contributed by atoms with E-state index in [1.165, 1.54) is 29.5 Å². The Morgan fingerprint density at radius 1 is 1.05 bits per heavy atom. The highest BCUT2D eigenvalue weighted by molar-refractivity contribution is 5.85. The van der Waals surface area contributed by atoms with Crippen LogP contribution in [0.5, 0.6) is 0 Å². The first-order chi connectivity index (χ1) is 9.90. The van der Waals surface area contributed by atoms with Gasteiger partial charge >= 0.3 is 0 Å². The Kier molecular flexibility index (Phi) is 2.66. The van der Waals surface area contributed by atoms with Crippen LogP contribution in [0.1, 0.15) is 24.1 Å². The molecule has 0 bridgehead atoms. The number of aromatic amines is 1. The number of anilines is 2. The lowest BCUT2D eigenvalue weighted by Crippen LogP contribution is -2.02. The molecule has 4 heteroatoms. The number of hydrogen-bond acceptors (Lipinski definition) is 3. The summed E-state index contributed by atoms with van der Waals surface area (Å²) < 4.78 is 0. The van der Waals surface area contributed by atoms with Gasteiger partial charge in [-0.25, -0.2) is 0 Å². The van der Waals surface area contributed by atoms with Crippen molar-refractivity contribution in [2.45, 2.75) is 25.7 Å². The zero-order valence-electron chi connectivity index (χ0n) is 11.2. The Labute approximate surface area is 117 Å². The number of benzene rings is 1. The van der Waals surface area contributed by atoms with Gasteiger partial charge in [-0.2, -0.15) is 5.10 Å². The summed E-state index contributed by atoms with van der Waals surface area (Å²) in [7, 11) is 0. The predicted octanol–water partition coefficient (Wildman–Crippen LogP) is 3.58. The summed E-state index contributed by atoms with van der Waals surface area (Å²) in [5.74, 6) is 0.980. The molecular formula is C16H16N4. The van der Waals surface area contributed by atoms with Gasteiger partial charge in [0.15, 0.2) is 5.82 Å².